The van der Waals surface area contributed by atoms with Gasteiger partial charge in [0, 0.05) is 69.8 Å². The molecule has 194 valence electrons. The van der Waals surface area contributed by atoms with E-state index in [2.05, 4.69) is 42.2 Å². The Labute approximate surface area is 224 Å². The molecule has 0 aliphatic carbocycles. The van der Waals surface area contributed by atoms with Crippen LogP contribution in [0.1, 0.15) is 0 Å². The molecule has 1 N–H and O–H groups in total. The third-order valence-electron chi connectivity index (χ3n) is 6.82. The van der Waals surface area contributed by atoms with E-state index in [9.17, 15) is 4.79 Å². The number of ether oxygens (including phenoxy) is 1. The van der Waals surface area contributed by atoms with Crippen molar-refractivity contribution in [3.05, 3.63) is 82.5 Å². The highest BCUT2D eigenvalue weighted by Gasteiger charge is 2.18. The van der Waals surface area contributed by atoms with Gasteiger partial charge in [-0.1, -0.05) is 23.7 Å². The second kappa shape index (κ2) is 10.4. The average molecular weight is 531 g/mol. The molecule has 0 amide bonds. The van der Waals surface area contributed by atoms with E-state index in [0.717, 1.165) is 45.0 Å². The number of aromatic nitrogens is 5. The van der Waals surface area contributed by atoms with Crippen LogP contribution in [0.2, 0.25) is 5.02 Å². The van der Waals surface area contributed by atoms with Crippen LogP contribution in [0.15, 0.2) is 71.9 Å². The predicted octanol–water partition coefficient (Wildman–Crippen LogP) is 3.59. The molecule has 3 aromatic heterocycles. The van der Waals surface area contributed by atoms with E-state index in [1.165, 1.54) is 16.5 Å². The molecule has 1 aliphatic heterocycles. The third-order valence-corrected chi connectivity index (χ3v) is 7.14. The van der Waals surface area contributed by atoms with Crippen molar-refractivity contribution >= 4 is 45.7 Å². The molecule has 5 aromatic rings. The summed E-state index contributed by atoms with van der Waals surface area (Å²) in [5.41, 5.74) is 2.77. The summed E-state index contributed by atoms with van der Waals surface area (Å²) in [6.45, 7) is 5.75. The number of benzene rings is 2. The number of nitrogens with one attached hydrogen (secondary N) is 1. The fourth-order valence-electron chi connectivity index (χ4n) is 4.79. The van der Waals surface area contributed by atoms with Crippen LogP contribution in [-0.2, 0) is 4.74 Å². The van der Waals surface area contributed by atoms with Gasteiger partial charge in [-0.05, 0) is 36.4 Å². The van der Waals surface area contributed by atoms with Crippen molar-refractivity contribution in [1.29, 1.82) is 0 Å². The number of anilines is 3. The Balaban J connectivity index is 1.25. The molecule has 1 fully saturated rings. The van der Waals surface area contributed by atoms with Gasteiger partial charge in [-0.15, -0.1) is 0 Å². The first-order valence-electron chi connectivity index (χ1n) is 12.5. The highest BCUT2D eigenvalue weighted by Crippen LogP contribution is 2.24. The first kappa shape index (κ1) is 24.4. The lowest BCUT2D eigenvalue weighted by molar-refractivity contribution is 0.144. The Morgan fingerprint density at radius 2 is 1.82 bits per heavy atom. The molecule has 1 saturated heterocycles. The normalized spacial score (nSPS) is 14.4. The molecule has 10 nitrogen and oxygen atoms in total. The number of hydrogen-bond donors (Lipinski definition) is 1. The number of rotatable bonds is 7. The van der Waals surface area contributed by atoms with Crippen molar-refractivity contribution in [2.24, 2.45) is 0 Å². The Hall–Kier alpha value is -3.99. The maximum absolute atomic E-state index is 13.5. The maximum Gasteiger partial charge on any atom is 0.270 e. The van der Waals surface area contributed by atoms with Crippen molar-refractivity contribution in [2.75, 3.05) is 56.7 Å². The highest BCUT2D eigenvalue weighted by molar-refractivity contribution is 6.32. The maximum atomic E-state index is 13.5. The number of methoxy groups -OCH3 is 1. The molecule has 0 bridgehead atoms. The summed E-state index contributed by atoms with van der Waals surface area (Å²) in [6, 6.07) is 15.4. The summed E-state index contributed by atoms with van der Waals surface area (Å²) in [6.07, 6.45) is 4.94. The molecular formula is C27H27ClN8O2. The van der Waals surface area contributed by atoms with Crippen LogP contribution in [0.3, 0.4) is 0 Å². The van der Waals surface area contributed by atoms with Gasteiger partial charge >= 0.3 is 0 Å². The lowest BCUT2D eigenvalue weighted by Crippen LogP contribution is -2.47. The van der Waals surface area contributed by atoms with Gasteiger partial charge in [-0.25, -0.2) is 14.5 Å². The van der Waals surface area contributed by atoms with Gasteiger partial charge in [0.05, 0.1) is 17.3 Å². The number of para-hydroxylation sites is 1. The summed E-state index contributed by atoms with van der Waals surface area (Å²) in [5, 5.41) is 4.08. The lowest BCUT2D eigenvalue weighted by atomic mass is 10.2. The van der Waals surface area contributed by atoms with E-state index in [1.54, 1.807) is 36.0 Å². The van der Waals surface area contributed by atoms with Crippen molar-refractivity contribution < 1.29 is 4.74 Å². The molecule has 0 spiro atoms. The molecule has 1 aliphatic rings. The molecule has 6 rings (SSSR count). The smallest absolute Gasteiger partial charge is 0.270 e. The molecule has 0 radical (unpaired) electrons. The SMILES string of the molecule is COCCN1CCN(c2ccc(Nc3ncc4c(=O)n(-c5ccccc5Cl)c5nccn5c4n3)cc2)CC1. The van der Waals surface area contributed by atoms with Gasteiger partial charge in [-0.3, -0.25) is 14.1 Å². The minimum atomic E-state index is -0.287. The zero-order chi connectivity index (χ0) is 26.1. The van der Waals surface area contributed by atoms with Gasteiger partial charge in [0.1, 0.15) is 5.39 Å². The third kappa shape index (κ3) is 4.58. The zero-order valence-corrected chi connectivity index (χ0v) is 21.7. The highest BCUT2D eigenvalue weighted by atomic mass is 35.5. The summed E-state index contributed by atoms with van der Waals surface area (Å²) in [7, 11) is 1.74. The van der Waals surface area contributed by atoms with E-state index < -0.39 is 0 Å². The summed E-state index contributed by atoms with van der Waals surface area (Å²) < 4.78 is 8.44. The monoisotopic (exact) mass is 530 g/mol. The van der Waals surface area contributed by atoms with Crippen molar-refractivity contribution in [3.63, 3.8) is 0 Å². The largest absolute Gasteiger partial charge is 0.383 e. The molecule has 0 saturated carbocycles. The number of fused-ring (bicyclic) bond motifs is 3. The second-order valence-corrected chi connectivity index (χ2v) is 9.52. The second-order valence-electron chi connectivity index (χ2n) is 9.11. The van der Waals surface area contributed by atoms with Crippen LogP contribution in [0.4, 0.5) is 17.3 Å². The Morgan fingerprint density at radius 3 is 2.58 bits per heavy atom. The van der Waals surface area contributed by atoms with Crippen molar-refractivity contribution in [1.82, 2.24) is 28.8 Å². The molecule has 0 unspecified atom stereocenters. The minimum Gasteiger partial charge on any atom is -0.383 e. The average Bonchev–Trinajstić information content (AvgIpc) is 3.44. The van der Waals surface area contributed by atoms with Crippen LogP contribution in [0.5, 0.6) is 0 Å². The molecule has 38 heavy (non-hydrogen) atoms. The minimum absolute atomic E-state index is 0.287. The number of halogens is 1. The number of piperazine rings is 1. The van der Waals surface area contributed by atoms with E-state index in [-0.39, 0.29) is 5.56 Å². The topological polar surface area (TPSA) is 92.8 Å². The van der Waals surface area contributed by atoms with Crippen LogP contribution >= 0.6 is 11.6 Å². The van der Waals surface area contributed by atoms with Gasteiger partial charge in [0.15, 0.2) is 5.65 Å². The van der Waals surface area contributed by atoms with Crippen LogP contribution < -0.4 is 15.8 Å². The van der Waals surface area contributed by atoms with Gasteiger partial charge in [-0.2, -0.15) is 4.98 Å². The van der Waals surface area contributed by atoms with E-state index in [1.807, 2.05) is 24.3 Å². The van der Waals surface area contributed by atoms with Gasteiger partial charge in [0.25, 0.3) is 5.56 Å². The first-order chi connectivity index (χ1) is 18.6. The predicted molar refractivity (Wildman–Crippen MR) is 149 cm³/mol. The number of hydrogen-bond acceptors (Lipinski definition) is 8. The van der Waals surface area contributed by atoms with Crippen molar-refractivity contribution in [3.8, 4) is 5.69 Å². The Bertz CT molecular complexity index is 1640. The molecule has 4 heterocycles. The van der Waals surface area contributed by atoms with Gasteiger partial charge < -0.3 is 15.0 Å². The van der Waals surface area contributed by atoms with E-state index >= 15 is 0 Å². The quantitative estimate of drug-likeness (QED) is 0.341. The summed E-state index contributed by atoms with van der Waals surface area (Å²) in [5.74, 6) is 0.814. The van der Waals surface area contributed by atoms with Crippen LogP contribution in [0.25, 0.3) is 22.5 Å². The fourth-order valence-corrected chi connectivity index (χ4v) is 5.01. The van der Waals surface area contributed by atoms with E-state index in [0.29, 0.717) is 33.5 Å². The first-order valence-corrected chi connectivity index (χ1v) is 12.8. The lowest BCUT2D eigenvalue weighted by Gasteiger charge is -2.36. The molecule has 2 aromatic carbocycles. The number of nitrogens with zero attached hydrogens (tertiary/aromatic N) is 7. The summed E-state index contributed by atoms with van der Waals surface area (Å²) >= 11 is 6.40. The van der Waals surface area contributed by atoms with Crippen LogP contribution in [0, 0.1) is 0 Å². The van der Waals surface area contributed by atoms with Crippen LogP contribution in [-0.4, -0.2) is 75.3 Å². The Kier molecular flexibility index (Phi) is 6.67. The standard InChI is InChI=1S/C27H27ClN8O2/c1-38-17-16-33-12-14-34(15-13-33)20-8-6-19(7-9-20)31-26-30-18-21-24(32-26)35-11-10-29-27(35)36(25(21)37)23-5-3-2-4-22(23)28/h2-11,18H,12-17H2,1H3,(H,30,31,32). The molecule has 11 heteroatoms. The fraction of sp³-hybridized carbons (Fsp3) is 0.259. The number of imidazole rings is 1. The summed E-state index contributed by atoms with van der Waals surface area (Å²) in [4.78, 5) is 31.8. The van der Waals surface area contributed by atoms with Crippen molar-refractivity contribution in [2.45, 2.75) is 0 Å². The van der Waals surface area contributed by atoms with Gasteiger partial charge in [0.2, 0.25) is 11.7 Å². The Morgan fingerprint density at radius 1 is 1.03 bits per heavy atom. The van der Waals surface area contributed by atoms with E-state index in [4.69, 9.17) is 16.3 Å². The molecule has 0 atom stereocenters. The zero-order valence-electron chi connectivity index (χ0n) is 20.9. The molecular weight excluding hydrogens is 504 g/mol.